The molecule has 0 heterocycles. The molecule has 0 aromatic heterocycles. The van der Waals surface area contributed by atoms with Crippen LogP contribution in [-0.2, 0) is 19.6 Å². The van der Waals surface area contributed by atoms with Gasteiger partial charge in [0.1, 0.15) is 0 Å². The van der Waals surface area contributed by atoms with Gasteiger partial charge in [0.25, 0.3) is 10.1 Å². The van der Waals surface area contributed by atoms with Crippen molar-refractivity contribution in [2.75, 3.05) is 38.5 Å². The highest BCUT2D eigenvalue weighted by molar-refractivity contribution is 7.85. The van der Waals surface area contributed by atoms with E-state index < -0.39 is 10.1 Å². The van der Waals surface area contributed by atoms with Crippen LogP contribution in [0.3, 0.4) is 0 Å². The number of hydrogen-bond acceptors (Lipinski definition) is 5. The second-order valence-corrected chi connectivity index (χ2v) is 6.90. The first-order valence-electron chi connectivity index (χ1n) is 7.28. The van der Waals surface area contributed by atoms with Crippen LogP contribution in [0.15, 0.2) is 12.2 Å². The number of carbonyl (C=O) groups excluding carboxylic acids is 1. The van der Waals surface area contributed by atoms with E-state index in [0.29, 0.717) is 31.6 Å². The Morgan fingerprint density at radius 3 is 2.09 bits per heavy atom. The number of nitrogens with zero attached hydrogens (tertiary/aromatic N) is 1. The number of esters is 1. The third-order valence-electron chi connectivity index (χ3n) is 3.73. The predicted molar refractivity (Wildman–Crippen MR) is 84.4 cm³/mol. The van der Waals surface area contributed by atoms with E-state index in [-0.39, 0.29) is 17.2 Å². The maximum atomic E-state index is 11.3. The number of carbonyl (C=O) groups is 1. The number of hydrogen-bond donors (Lipinski definition) is 1. The Labute approximate surface area is 133 Å². The molecule has 0 aromatic carbocycles. The fourth-order valence-corrected chi connectivity index (χ4v) is 2.73. The molecule has 0 saturated heterocycles. The molecule has 0 radical (unpaired) electrons. The van der Waals surface area contributed by atoms with Crippen LogP contribution in [0.1, 0.15) is 33.6 Å². The Kier molecular flexibility index (Phi) is 11.4. The largest absolute Gasteiger partial charge is 0.870 e. The van der Waals surface area contributed by atoms with Gasteiger partial charge in [-0.15, -0.1) is 0 Å². The third-order valence-corrected chi connectivity index (χ3v) is 4.54. The normalized spacial score (nSPS) is 11.6. The Bertz CT molecular complexity index is 442. The molecule has 0 aliphatic rings. The second-order valence-electron chi connectivity index (χ2n) is 5.33. The molecule has 0 bridgehead atoms. The summed E-state index contributed by atoms with van der Waals surface area (Å²) in [5, 5.41) is 0. The van der Waals surface area contributed by atoms with Gasteiger partial charge < -0.3 is 14.7 Å². The Morgan fingerprint density at radius 1 is 1.18 bits per heavy atom. The first kappa shape index (κ1) is 23.3. The maximum absolute atomic E-state index is 11.3. The molecule has 0 spiro atoms. The van der Waals surface area contributed by atoms with E-state index >= 15 is 0 Å². The minimum Gasteiger partial charge on any atom is -0.870 e. The average molecular weight is 339 g/mol. The van der Waals surface area contributed by atoms with Gasteiger partial charge in [0.2, 0.25) is 0 Å². The minimum atomic E-state index is -3.90. The van der Waals surface area contributed by atoms with Gasteiger partial charge in [-0.05, 0) is 20.8 Å². The molecule has 0 unspecified atom stereocenters. The van der Waals surface area contributed by atoms with E-state index in [1.807, 2.05) is 0 Å². The molecule has 0 fully saturated rings. The Morgan fingerprint density at radius 2 is 1.68 bits per heavy atom. The first-order chi connectivity index (χ1) is 9.66. The van der Waals surface area contributed by atoms with Crippen LogP contribution < -0.4 is 0 Å². The zero-order valence-electron chi connectivity index (χ0n) is 13.7. The Balaban J connectivity index is 0. The van der Waals surface area contributed by atoms with Crippen molar-refractivity contribution in [2.24, 2.45) is 0 Å². The van der Waals surface area contributed by atoms with Gasteiger partial charge in [-0.3, -0.25) is 4.55 Å². The summed E-state index contributed by atoms with van der Waals surface area (Å²) >= 11 is 0. The molecule has 0 amide bonds. The van der Waals surface area contributed by atoms with Crippen molar-refractivity contribution in [3.05, 3.63) is 12.2 Å². The van der Waals surface area contributed by atoms with Gasteiger partial charge in [0.15, 0.2) is 0 Å². The molecular formula is C14H29NO6S. The van der Waals surface area contributed by atoms with Crippen molar-refractivity contribution in [3.8, 4) is 0 Å². The average Bonchev–Trinajstić information content (AvgIpc) is 2.40. The van der Waals surface area contributed by atoms with Crippen LogP contribution in [0.2, 0.25) is 0 Å². The lowest BCUT2D eigenvalue weighted by Gasteiger charge is -2.37. The van der Waals surface area contributed by atoms with Crippen LogP contribution in [0, 0.1) is 0 Å². The summed E-state index contributed by atoms with van der Waals surface area (Å²) in [6.45, 7) is 12.8. The van der Waals surface area contributed by atoms with Crippen LogP contribution in [0.5, 0.6) is 0 Å². The summed E-state index contributed by atoms with van der Waals surface area (Å²) in [6, 6.07) is 0. The molecule has 0 aliphatic carbocycles. The topological polar surface area (TPSA) is 111 Å². The number of rotatable bonds is 11. The highest BCUT2D eigenvalue weighted by atomic mass is 32.2. The van der Waals surface area contributed by atoms with E-state index in [4.69, 9.17) is 9.29 Å². The van der Waals surface area contributed by atoms with Gasteiger partial charge in [-0.25, -0.2) is 4.79 Å². The van der Waals surface area contributed by atoms with E-state index in [1.54, 1.807) is 6.92 Å². The lowest BCUT2D eigenvalue weighted by atomic mass is 10.2. The molecule has 0 aromatic rings. The van der Waals surface area contributed by atoms with Crippen molar-refractivity contribution < 1.29 is 32.5 Å². The SMILES string of the molecule is C=C(C)C(=O)OCCC[N+](CC)(CC)CCCS(=O)(=O)O.[OH-]. The van der Waals surface area contributed by atoms with E-state index in [9.17, 15) is 13.2 Å². The quantitative estimate of drug-likeness (QED) is 0.200. The molecule has 0 aliphatic heterocycles. The molecule has 0 atom stereocenters. The lowest BCUT2D eigenvalue weighted by Crippen LogP contribution is -2.49. The second kappa shape index (κ2) is 10.7. The fourth-order valence-electron chi connectivity index (χ4n) is 2.24. The predicted octanol–water partition coefficient (Wildman–Crippen LogP) is 1.45. The molecule has 132 valence electrons. The lowest BCUT2D eigenvalue weighted by molar-refractivity contribution is -0.925. The molecule has 0 rings (SSSR count). The van der Waals surface area contributed by atoms with Crippen LogP contribution in [0.25, 0.3) is 0 Å². The van der Waals surface area contributed by atoms with Crippen molar-refractivity contribution >= 4 is 16.1 Å². The Hall–Kier alpha value is -0.960. The van der Waals surface area contributed by atoms with Crippen LogP contribution in [0.4, 0.5) is 0 Å². The van der Waals surface area contributed by atoms with Crippen molar-refractivity contribution in [3.63, 3.8) is 0 Å². The molecule has 7 nitrogen and oxygen atoms in total. The number of quaternary nitrogens is 1. The third kappa shape index (κ3) is 9.88. The summed E-state index contributed by atoms with van der Waals surface area (Å²) < 4.78 is 36.2. The monoisotopic (exact) mass is 339 g/mol. The zero-order chi connectivity index (χ0) is 16.5. The van der Waals surface area contributed by atoms with Crippen molar-refractivity contribution in [2.45, 2.75) is 33.6 Å². The summed E-state index contributed by atoms with van der Waals surface area (Å²) in [6.07, 6.45) is 1.14. The highest BCUT2D eigenvalue weighted by Crippen LogP contribution is 2.10. The highest BCUT2D eigenvalue weighted by Gasteiger charge is 2.23. The van der Waals surface area contributed by atoms with E-state index in [2.05, 4.69) is 20.4 Å². The van der Waals surface area contributed by atoms with E-state index in [0.717, 1.165) is 24.1 Å². The van der Waals surface area contributed by atoms with Gasteiger partial charge >= 0.3 is 5.97 Å². The van der Waals surface area contributed by atoms with Crippen LogP contribution >= 0.6 is 0 Å². The zero-order valence-corrected chi connectivity index (χ0v) is 14.6. The fraction of sp³-hybridized carbons (Fsp3) is 0.786. The van der Waals surface area contributed by atoms with Gasteiger partial charge in [-0.2, -0.15) is 8.42 Å². The molecule has 0 saturated carbocycles. The van der Waals surface area contributed by atoms with Gasteiger partial charge in [-0.1, -0.05) is 6.58 Å². The molecule has 22 heavy (non-hydrogen) atoms. The van der Waals surface area contributed by atoms with Crippen molar-refractivity contribution in [1.82, 2.24) is 0 Å². The van der Waals surface area contributed by atoms with Crippen LogP contribution in [-0.4, -0.2) is 67.4 Å². The summed E-state index contributed by atoms with van der Waals surface area (Å²) in [7, 11) is -3.90. The first-order valence-corrected chi connectivity index (χ1v) is 8.89. The number of ether oxygens (including phenoxy) is 1. The smallest absolute Gasteiger partial charge is 0.333 e. The van der Waals surface area contributed by atoms with Gasteiger partial charge in [0.05, 0.1) is 38.5 Å². The van der Waals surface area contributed by atoms with Gasteiger partial charge in [0, 0.05) is 18.4 Å². The maximum Gasteiger partial charge on any atom is 0.333 e. The summed E-state index contributed by atoms with van der Waals surface area (Å²) in [4.78, 5) is 11.3. The molecule has 2 N–H and O–H groups in total. The summed E-state index contributed by atoms with van der Waals surface area (Å²) in [5.74, 6) is -0.593. The van der Waals surface area contributed by atoms with Crippen molar-refractivity contribution in [1.29, 1.82) is 0 Å². The standard InChI is InChI=1S/C14H27NO5S.H2O/c1-5-15(6-2,10-8-12-21(17,18)19)9-7-11-20-14(16)13(3)4;/h3,5-12H2,1-2,4H3;1H2. The molecule has 8 heteroatoms. The van der Waals surface area contributed by atoms with E-state index in [1.165, 1.54) is 0 Å². The molecular weight excluding hydrogens is 310 g/mol. The summed E-state index contributed by atoms with van der Waals surface area (Å²) in [5.41, 5.74) is 0.384. The minimum absolute atomic E-state index is 0.